The minimum absolute atomic E-state index is 0.220. The number of nitrogens with zero attached hydrogens (tertiary/aromatic N) is 1. The van der Waals surface area contributed by atoms with Gasteiger partial charge in [0.2, 0.25) is 5.91 Å². The predicted octanol–water partition coefficient (Wildman–Crippen LogP) is 4.00. The summed E-state index contributed by atoms with van der Waals surface area (Å²) in [5.41, 5.74) is 2.41. The molecule has 2 nitrogen and oxygen atoms in total. The molecule has 0 N–H and O–H groups in total. The van der Waals surface area contributed by atoms with Crippen LogP contribution in [-0.4, -0.2) is 23.2 Å². The third-order valence-electron chi connectivity index (χ3n) is 3.65. The minimum atomic E-state index is 0.220. The maximum atomic E-state index is 11.9. The van der Waals surface area contributed by atoms with Crippen molar-refractivity contribution in [2.24, 2.45) is 5.92 Å². The number of amides is 1. The van der Waals surface area contributed by atoms with E-state index < -0.39 is 0 Å². The van der Waals surface area contributed by atoms with Crippen molar-refractivity contribution in [1.29, 1.82) is 0 Å². The van der Waals surface area contributed by atoms with Crippen LogP contribution in [0.3, 0.4) is 0 Å². The fourth-order valence-electron chi connectivity index (χ4n) is 2.55. The molecule has 0 aliphatic carbocycles. The van der Waals surface area contributed by atoms with Gasteiger partial charge in [0.05, 0.1) is 0 Å². The van der Waals surface area contributed by atoms with Gasteiger partial charge in [0.1, 0.15) is 0 Å². The van der Waals surface area contributed by atoms with E-state index in [1.807, 2.05) is 4.90 Å². The molecular formula is C16H16ClNOS. The van der Waals surface area contributed by atoms with Crippen LogP contribution in [0.15, 0.2) is 41.8 Å². The SMILES string of the molecule is O=C1CC(CCl)CN1Cc1ccc(-c2cccs2)cc1. The van der Waals surface area contributed by atoms with Crippen LogP contribution >= 0.6 is 22.9 Å². The summed E-state index contributed by atoms with van der Waals surface area (Å²) >= 11 is 7.58. The molecule has 0 bridgehead atoms. The third-order valence-corrected chi connectivity index (χ3v) is 5.00. The van der Waals surface area contributed by atoms with Gasteiger partial charge in [0, 0.05) is 30.3 Å². The number of thiophene rings is 1. The summed E-state index contributed by atoms with van der Waals surface area (Å²) < 4.78 is 0. The zero-order valence-electron chi connectivity index (χ0n) is 11.1. The Bertz CT molecular complexity index is 579. The van der Waals surface area contributed by atoms with Gasteiger partial charge in [-0.3, -0.25) is 4.79 Å². The fourth-order valence-corrected chi connectivity index (χ4v) is 3.49. The number of alkyl halides is 1. The van der Waals surface area contributed by atoms with Crippen molar-refractivity contribution in [3.05, 3.63) is 47.3 Å². The van der Waals surface area contributed by atoms with Crippen molar-refractivity contribution >= 4 is 28.8 Å². The first-order valence-corrected chi connectivity index (χ1v) is 8.14. The number of halogens is 1. The van der Waals surface area contributed by atoms with E-state index in [-0.39, 0.29) is 5.91 Å². The normalized spacial score (nSPS) is 18.8. The molecule has 2 heterocycles. The summed E-state index contributed by atoms with van der Waals surface area (Å²) in [6.07, 6.45) is 0.594. The van der Waals surface area contributed by atoms with Gasteiger partial charge < -0.3 is 4.90 Å². The molecule has 20 heavy (non-hydrogen) atoms. The summed E-state index contributed by atoms with van der Waals surface area (Å²) in [7, 11) is 0. The van der Waals surface area contributed by atoms with Gasteiger partial charge in [0.25, 0.3) is 0 Å². The van der Waals surface area contributed by atoms with Crippen molar-refractivity contribution in [2.75, 3.05) is 12.4 Å². The number of rotatable bonds is 4. The van der Waals surface area contributed by atoms with E-state index in [9.17, 15) is 4.79 Å². The second-order valence-electron chi connectivity index (χ2n) is 5.17. The molecule has 3 rings (SSSR count). The number of hydrogen-bond donors (Lipinski definition) is 0. The lowest BCUT2D eigenvalue weighted by Gasteiger charge is -2.16. The molecule has 1 aliphatic rings. The number of carbonyl (C=O) groups is 1. The topological polar surface area (TPSA) is 20.3 Å². The van der Waals surface area contributed by atoms with E-state index in [0.29, 0.717) is 24.8 Å². The predicted molar refractivity (Wildman–Crippen MR) is 84.0 cm³/mol. The molecule has 0 saturated carbocycles. The van der Waals surface area contributed by atoms with Gasteiger partial charge in [-0.15, -0.1) is 22.9 Å². The van der Waals surface area contributed by atoms with Crippen molar-refractivity contribution < 1.29 is 4.79 Å². The highest BCUT2D eigenvalue weighted by atomic mass is 35.5. The number of benzene rings is 1. The Morgan fingerprint density at radius 1 is 1.25 bits per heavy atom. The Balaban J connectivity index is 1.68. The van der Waals surface area contributed by atoms with Crippen LogP contribution in [0.25, 0.3) is 10.4 Å². The Morgan fingerprint density at radius 3 is 2.65 bits per heavy atom. The second kappa shape index (κ2) is 5.98. The Morgan fingerprint density at radius 2 is 2.05 bits per heavy atom. The van der Waals surface area contributed by atoms with Crippen LogP contribution in [0.4, 0.5) is 0 Å². The number of likely N-dealkylation sites (tertiary alicyclic amines) is 1. The van der Waals surface area contributed by atoms with Gasteiger partial charge in [-0.05, 0) is 28.5 Å². The first-order chi connectivity index (χ1) is 9.76. The summed E-state index contributed by atoms with van der Waals surface area (Å²) in [4.78, 5) is 15.1. The molecule has 1 saturated heterocycles. The van der Waals surface area contributed by atoms with E-state index in [0.717, 1.165) is 6.54 Å². The zero-order valence-corrected chi connectivity index (χ0v) is 12.7. The van der Waals surface area contributed by atoms with Crippen molar-refractivity contribution in [3.8, 4) is 10.4 Å². The maximum Gasteiger partial charge on any atom is 0.223 e. The molecule has 2 aromatic rings. The first-order valence-electron chi connectivity index (χ1n) is 6.73. The van der Waals surface area contributed by atoms with Crippen molar-refractivity contribution in [3.63, 3.8) is 0 Å². The van der Waals surface area contributed by atoms with Gasteiger partial charge >= 0.3 is 0 Å². The summed E-state index contributed by atoms with van der Waals surface area (Å²) in [5.74, 6) is 1.10. The molecule has 104 valence electrons. The third kappa shape index (κ3) is 2.89. The molecule has 0 spiro atoms. The van der Waals surface area contributed by atoms with E-state index in [1.165, 1.54) is 16.0 Å². The Labute approximate surface area is 128 Å². The molecule has 1 amide bonds. The highest BCUT2D eigenvalue weighted by Crippen LogP contribution is 2.26. The fraction of sp³-hybridized carbons (Fsp3) is 0.312. The van der Waals surface area contributed by atoms with E-state index in [2.05, 4.69) is 41.8 Å². The maximum absolute atomic E-state index is 11.9. The molecule has 0 radical (unpaired) electrons. The zero-order chi connectivity index (χ0) is 13.9. The summed E-state index contributed by atoms with van der Waals surface area (Å²) in [6, 6.07) is 12.6. The van der Waals surface area contributed by atoms with E-state index in [1.54, 1.807) is 11.3 Å². The van der Waals surface area contributed by atoms with Crippen LogP contribution in [-0.2, 0) is 11.3 Å². The standard InChI is InChI=1S/C16H16ClNOS/c17-9-13-8-16(19)18(11-13)10-12-3-5-14(6-4-12)15-2-1-7-20-15/h1-7,13H,8-11H2. The lowest BCUT2D eigenvalue weighted by Crippen LogP contribution is -2.24. The minimum Gasteiger partial charge on any atom is -0.338 e. The molecule has 1 aliphatic heterocycles. The first kappa shape index (κ1) is 13.7. The van der Waals surface area contributed by atoms with Crippen LogP contribution in [0.2, 0.25) is 0 Å². The van der Waals surface area contributed by atoms with Crippen LogP contribution in [0, 0.1) is 5.92 Å². The highest BCUT2D eigenvalue weighted by Gasteiger charge is 2.28. The lowest BCUT2D eigenvalue weighted by atomic mass is 10.1. The molecule has 1 atom stereocenters. The van der Waals surface area contributed by atoms with Gasteiger partial charge in [0.15, 0.2) is 0 Å². The molecule has 1 aromatic heterocycles. The second-order valence-corrected chi connectivity index (χ2v) is 6.43. The highest BCUT2D eigenvalue weighted by molar-refractivity contribution is 7.13. The van der Waals surface area contributed by atoms with Crippen LogP contribution in [0.5, 0.6) is 0 Å². The number of hydrogen-bond acceptors (Lipinski definition) is 2. The number of carbonyl (C=O) groups excluding carboxylic acids is 1. The lowest BCUT2D eigenvalue weighted by molar-refractivity contribution is -0.128. The quantitative estimate of drug-likeness (QED) is 0.782. The molecule has 1 unspecified atom stereocenters. The van der Waals surface area contributed by atoms with Gasteiger partial charge in [-0.2, -0.15) is 0 Å². The largest absolute Gasteiger partial charge is 0.338 e. The van der Waals surface area contributed by atoms with Crippen LogP contribution in [0.1, 0.15) is 12.0 Å². The van der Waals surface area contributed by atoms with Crippen molar-refractivity contribution in [2.45, 2.75) is 13.0 Å². The average Bonchev–Trinajstić information content (AvgIpc) is 3.10. The van der Waals surface area contributed by atoms with Crippen molar-refractivity contribution in [1.82, 2.24) is 4.90 Å². The molecule has 1 aromatic carbocycles. The van der Waals surface area contributed by atoms with Gasteiger partial charge in [-0.1, -0.05) is 30.3 Å². The van der Waals surface area contributed by atoms with E-state index >= 15 is 0 Å². The smallest absolute Gasteiger partial charge is 0.223 e. The summed E-state index contributed by atoms with van der Waals surface area (Å²) in [5, 5.41) is 2.08. The summed E-state index contributed by atoms with van der Waals surface area (Å²) in [6.45, 7) is 1.48. The molecular weight excluding hydrogens is 290 g/mol. The monoisotopic (exact) mass is 305 g/mol. The van der Waals surface area contributed by atoms with Gasteiger partial charge in [-0.25, -0.2) is 0 Å². The average molecular weight is 306 g/mol. The Hall–Kier alpha value is -1.32. The van der Waals surface area contributed by atoms with E-state index in [4.69, 9.17) is 11.6 Å². The van der Waals surface area contributed by atoms with Crippen LogP contribution < -0.4 is 0 Å². The molecule has 4 heteroatoms. The molecule has 1 fully saturated rings. The Kier molecular flexibility index (Phi) is 4.08.